The van der Waals surface area contributed by atoms with Crippen molar-refractivity contribution in [2.24, 2.45) is 0 Å². The fourth-order valence-electron chi connectivity index (χ4n) is 2.42. The Hall–Kier alpha value is -3.27. The molecule has 1 fully saturated rings. The third kappa shape index (κ3) is 4.11. The summed E-state index contributed by atoms with van der Waals surface area (Å²) in [5.41, 5.74) is 5.17. The molecule has 140 valence electrons. The van der Waals surface area contributed by atoms with Gasteiger partial charge in [-0.2, -0.15) is 0 Å². The van der Waals surface area contributed by atoms with Gasteiger partial charge in [0.15, 0.2) is 0 Å². The molecule has 0 unspecified atom stereocenters. The summed E-state index contributed by atoms with van der Waals surface area (Å²) < 4.78 is 13.0. The van der Waals surface area contributed by atoms with Crippen molar-refractivity contribution in [3.8, 4) is 10.4 Å². The molecule has 27 heavy (non-hydrogen) atoms. The van der Waals surface area contributed by atoms with Gasteiger partial charge in [-0.3, -0.25) is 30.1 Å². The molecule has 5 amide bonds. The van der Waals surface area contributed by atoms with E-state index < -0.39 is 30.3 Å². The molecule has 2 aromatic rings. The molecule has 0 aliphatic carbocycles. The Balaban J connectivity index is 1.55. The van der Waals surface area contributed by atoms with Gasteiger partial charge in [0.25, 0.3) is 17.7 Å². The Labute approximate surface area is 157 Å². The van der Waals surface area contributed by atoms with Gasteiger partial charge in [-0.05, 0) is 29.8 Å². The minimum atomic E-state index is -0.698. The number of halogens is 1. The van der Waals surface area contributed by atoms with Crippen LogP contribution in [-0.2, 0) is 9.59 Å². The topological polar surface area (TPSA) is 98.8 Å². The van der Waals surface area contributed by atoms with Crippen molar-refractivity contribution in [3.63, 3.8) is 0 Å². The van der Waals surface area contributed by atoms with Gasteiger partial charge in [-0.1, -0.05) is 12.1 Å². The summed E-state index contributed by atoms with van der Waals surface area (Å²) in [5.74, 6) is -2.07. The smallest absolute Gasteiger partial charge is 0.318 e. The Morgan fingerprint density at radius 1 is 1.11 bits per heavy atom. The lowest BCUT2D eigenvalue weighted by molar-refractivity contribution is -0.131. The van der Waals surface area contributed by atoms with Crippen molar-refractivity contribution in [3.05, 3.63) is 47.1 Å². The van der Waals surface area contributed by atoms with Gasteiger partial charge >= 0.3 is 6.03 Å². The SMILES string of the molecule is CN1CC(=O)N(CC(=O)NNC(=O)c2ccc(-c3ccc(F)cc3)s2)C1=O. The van der Waals surface area contributed by atoms with Crippen LogP contribution in [0.25, 0.3) is 10.4 Å². The second-order valence-electron chi connectivity index (χ2n) is 5.79. The average molecular weight is 390 g/mol. The molecule has 10 heteroatoms. The maximum absolute atomic E-state index is 13.0. The van der Waals surface area contributed by atoms with Crippen LogP contribution < -0.4 is 10.9 Å². The summed E-state index contributed by atoms with van der Waals surface area (Å²) in [7, 11) is 1.45. The number of hydrogen-bond donors (Lipinski definition) is 2. The number of urea groups is 1. The quantitative estimate of drug-likeness (QED) is 0.606. The normalized spacial score (nSPS) is 13.9. The molecule has 1 saturated heterocycles. The number of nitrogens with one attached hydrogen (secondary N) is 2. The van der Waals surface area contributed by atoms with Crippen molar-refractivity contribution in [1.29, 1.82) is 0 Å². The minimum absolute atomic E-state index is 0.0835. The molecule has 0 spiro atoms. The van der Waals surface area contributed by atoms with Gasteiger partial charge in [0, 0.05) is 11.9 Å². The maximum atomic E-state index is 13.0. The van der Waals surface area contributed by atoms with Crippen LogP contribution >= 0.6 is 11.3 Å². The van der Waals surface area contributed by atoms with E-state index in [1.54, 1.807) is 24.3 Å². The fourth-order valence-corrected chi connectivity index (χ4v) is 3.33. The molecule has 8 nitrogen and oxygen atoms in total. The molecule has 1 aromatic carbocycles. The molecular weight excluding hydrogens is 375 g/mol. The third-order valence-electron chi connectivity index (χ3n) is 3.81. The van der Waals surface area contributed by atoms with E-state index >= 15 is 0 Å². The highest BCUT2D eigenvalue weighted by molar-refractivity contribution is 7.17. The zero-order chi connectivity index (χ0) is 19.6. The number of carbonyl (C=O) groups is 4. The molecule has 1 aliphatic rings. The summed E-state index contributed by atoms with van der Waals surface area (Å²) in [6.45, 7) is -0.562. The monoisotopic (exact) mass is 390 g/mol. The van der Waals surface area contributed by atoms with Crippen LogP contribution in [0.4, 0.5) is 9.18 Å². The van der Waals surface area contributed by atoms with Gasteiger partial charge in [0.05, 0.1) is 4.88 Å². The molecule has 1 aromatic heterocycles. The largest absolute Gasteiger partial charge is 0.327 e. The molecule has 1 aliphatic heterocycles. The first-order valence-electron chi connectivity index (χ1n) is 7.85. The molecule has 0 radical (unpaired) electrons. The Morgan fingerprint density at radius 3 is 2.44 bits per heavy atom. The second kappa shape index (κ2) is 7.54. The fraction of sp³-hybridized carbons (Fsp3) is 0.176. The van der Waals surface area contributed by atoms with Crippen molar-refractivity contribution in [2.75, 3.05) is 20.1 Å². The Morgan fingerprint density at radius 2 is 1.81 bits per heavy atom. The summed E-state index contributed by atoms with van der Waals surface area (Å²) in [4.78, 5) is 50.4. The zero-order valence-corrected chi connectivity index (χ0v) is 15.0. The summed E-state index contributed by atoms with van der Waals surface area (Å²) >= 11 is 1.17. The lowest BCUT2D eigenvalue weighted by atomic mass is 10.2. The van der Waals surface area contributed by atoms with Gasteiger partial charge in [-0.25, -0.2) is 9.18 Å². The molecule has 2 N–H and O–H groups in total. The van der Waals surface area contributed by atoms with E-state index in [0.29, 0.717) is 4.88 Å². The predicted octanol–water partition coefficient (Wildman–Crippen LogP) is 1.21. The zero-order valence-electron chi connectivity index (χ0n) is 14.2. The highest BCUT2D eigenvalue weighted by Gasteiger charge is 2.34. The van der Waals surface area contributed by atoms with Crippen LogP contribution in [0.1, 0.15) is 9.67 Å². The lowest BCUT2D eigenvalue weighted by Gasteiger charge is -2.13. The van der Waals surface area contributed by atoms with E-state index in [0.717, 1.165) is 15.3 Å². The van der Waals surface area contributed by atoms with E-state index in [4.69, 9.17) is 0 Å². The van der Waals surface area contributed by atoms with Crippen molar-refractivity contribution < 1.29 is 23.6 Å². The Bertz CT molecular complexity index is 912. The number of hydrogen-bond acceptors (Lipinski definition) is 5. The number of hydrazine groups is 1. The second-order valence-corrected chi connectivity index (χ2v) is 6.88. The van der Waals surface area contributed by atoms with Gasteiger partial charge in [0.2, 0.25) is 0 Å². The van der Waals surface area contributed by atoms with Crippen LogP contribution in [0.5, 0.6) is 0 Å². The minimum Gasteiger partial charge on any atom is -0.318 e. The third-order valence-corrected chi connectivity index (χ3v) is 4.94. The number of likely N-dealkylation sites (N-methyl/N-ethyl adjacent to an activating group) is 1. The molecule has 0 bridgehead atoms. The number of carbonyl (C=O) groups excluding carboxylic acids is 4. The Kier molecular flexibility index (Phi) is 5.17. The first-order chi connectivity index (χ1) is 12.8. The standard InChI is InChI=1S/C17H15FN4O4S/c1-21-9-15(24)22(17(21)26)8-14(23)19-20-16(25)13-7-6-12(27-13)10-2-4-11(18)5-3-10/h2-7H,8-9H2,1H3,(H,19,23)(H,20,25). The van der Waals surface area contributed by atoms with E-state index in [-0.39, 0.29) is 12.4 Å². The van der Waals surface area contributed by atoms with Crippen molar-refractivity contribution >= 4 is 35.1 Å². The molecule has 0 saturated carbocycles. The van der Waals surface area contributed by atoms with E-state index in [9.17, 15) is 23.6 Å². The predicted molar refractivity (Wildman–Crippen MR) is 95.1 cm³/mol. The van der Waals surface area contributed by atoms with Crippen LogP contribution in [0.3, 0.4) is 0 Å². The van der Waals surface area contributed by atoms with Crippen LogP contribution in [0.2, 0.25) is 0 Å². The first-order valence-corrected chi connectivity index (χ1v) is 8.67. The summed E-state index contributed by atoms with van der Waals surface area (Å²) in [6.07, 6.45) is 0. The van der Waals surface area contributed by atoms with Gasteiger partial charge in [-0.15, -0.1) is 11.3 Å². The average Bonchev–Trinajstić information content (AvgIpc) is 3.22. The number of amides is 5. The number of thiophene rings is 1. The summed E-state index contributed by atoms with van der Waals surface area (Å²) in [6, 6.07) is 8.58. The highest BCUT2D eigenvalue weighted by Crippen LogP contribution is 2.28. The van der Waals surface area contributed by atoms with E-state index in [1.165, 1.54) is 35.4 Å². The number of rotatable bonds is 4. The summed E-state index contributed by atoms with van der Waals surface area (Å²) in [5, 5.41) is 0. The van der Waals surface area contributed by atoms with Gasteiger partial charge in [0.1, 0.15) is 18.9 Å². The molecule has 3 rings (SSSR count). The highest BCUT2D eigenvalue weighted by atomic mass is 32.1. The van der Waals surface area contributed by atoms with E-state index in [1.807, 2.05) is 0 Å². The maximum Gasteiger partial charge on any atom is 0.327 e. The number of nitrogens with zero attached hydrogens (tertiary/aromatic N) is 2. The lowest BCUT2D eigenvalue weighted by Crippen LogP contribution is -2.47. The van der Waals surface area contributed by atoms with Crippen LogP contribution in [0, 0.1) is 5.82 Å². The van der Waals surface area contributed by atoms with Gasteiger partial charge < -0.3 is 4.90 Å². The molecule has 2 heterocycles. The van der Waals surface area contributed by atoms with Crippen LogP contribution in [0.15, 0.2) is 36.4 Å². The van der Waals surface area contributed by atoms with Crippen molar-refractivity contribution in [1.82, 2.24) is 20.7 Å². The van der Waals surface area contributed by atoms with E-state index in [2.05, 4.69) is 10.9 Å². The number of imide groups is 1. The van der Waals surface area contributed by atoms with Crippen molar-refractivity contribution in [2.45, 2.75) is 0 Å². The molecular formula is C17H15FN4O4S. The molecule has 0 atom stereocenters. The first kappa shape index (κ1) is 18.5. The number of benzene rings is 1. The van der Waals surface area contributed by atoms with Crippen LogP contribution in [-0.4, -0.2) is 53.7 Å².